The van der Waals surface area contributed by atoms with Crippen molar-refractivity contribution in [1.29, 1.82) is 0 Å². The second-order valence-corrected chi connectivity index (χ2v) is 4.27. The lowest BCUT2D eigenvalue weighted by Crippen LogP contribution is -2.26. The Morgan fingerprint density at radius 3 is 2.74 bits per heavy atom. The van der Waals surface area contributed by atoms with Crippen molar-refractivity contribution in [3.05, 3.63) is 45.7 Å². The van der Waals surface area contributed by atoms with E-state index in [-0.39, 0.29) is 18.0 Å². The summed E-state index contributed by atoms with van der Waals surface area (Å²) in [7, 11) is 1.51. The van der Waals surface area contributed by atoms with Gasteiger partial charge in [0, 0.05) is 18.5 Å². The monoisotopic (exact) mass is 258 g/mol. The maximum absolute atomic E-state index is 12.0. The van der Waals surface area contributed by atoms with Crippen LogP contribution in [0.3, 0.4) is 0 Å². The molecular formula is C14H14N2O3. The fraction of sp³-hybridized carbons (Fsp3) is 0.214. The van der Waals surface area contributed by atoms with Gasteiger partial charge in [0.25, 0.3) is 11.5 Å². The lowest BCUT2D eigenvalue weighted by Gasteiger charge is -2.11. The zero-order valence-corrected chi connectivity index (χ0v) is 10.8. The van der Waals surface area contributed by atoms with Crippen molar-refractivity contribution in [3.63, 3.8) is 0 Å². The van der Waals surface area contributed by atoms with Crippen LogP contribution < -0.4 is 10.9 Å². The topological polar surface area (TPSA) is 68.2 Å². The highest BCUT2D eigenvalue weighted by molar-refractivity contribution is 6.06. The number of hydrogen-bond acceptors (Lipinski definition) is 3. The van der Waals surface area contributed by atoms with Crippen LogP contribution in [0.15, 0.2) is 29.1 Å². The first-order valence-electron chi connectivity index (χ1n) is 5.88. The van der Waals surface area contributed by atoms with Gasteiger partial charge in [0.05, 0.1) is 17.6 Å². The molecule has 1 aromatic carbocycles. The smallest absolute Gasteiger partial charge is 0.252 e. The molecule has 2 aromatic rings. The molecule has 2 rings (SSSR count). The molecule has 0 aliphatic carbocycles. The highest BCUT2D eigenvalue weighted by Gasteiger charge is 2.13. The zero-order valence-electron chi connectivity index (χ0n) is 10.8. The second-order valence-electron chi connectivity index (χ2n) is 4.27. The molecule has 1 N–H and O–H groups in total. The number of amides is 1. The van der Waals surface area contributed by atoms with Crippen LogP contribution in [0.4, 0.5) is 0 Å². The summed E-state index contributed by atoms with van der Waals surface area (Å²) in [6.45, 7) is 1.87. The molecular weight excluding hydrogens is 244 g/mol. The molecule has 1 heterocycles. The number of carbonyl (C=O) groups excluding carboxylic acids is 2. The first-order valence-corrected chi connectivity index (χ1v) is 5.88. The molecule has 1 amide bonds. The van der Waals surface area contributed by atoms with Crippen LogP contribution in [0.2, 0.25) is 0 Å². The van der Waals surface area contributed by atoms with Gasteiger partial charge in [-0.1, -0.05) is 12.1 Å². The fourth-order valence-corrected chi connectivity index (χ4v) is 2.08. The number of aromatic nitrogens is 1. The lowest BCUT2D eigenvalue weighted by atomic mass is 10.1. The third-order valence-corrected chi connectivity index (χ3v) is 3.00. The quantitative estimate of drug-likeness (QED) is 0.830. The minimum atomic E-state index is -0.358. The summed E-state index contributed by atoms with van der Waals surface area (Å²) in [6, 6.07) is 6.72. The van der Waals surface area contributed by atoms with Crippen molar-refractivity contribution >= 4 is 23.1 Å². The average Bonchev–Trinajstić information content (AvgIpc) is 2.40. The summed E-state index contributed by atoms with van der Waals surface area (Å²) in [4.78, 5) is 34.5. The summed E-state index contributed by atoms with van der Waals surface area (Å²) in [6.07, 6.45) is 0.669. The molecule has 19 heavy (non-hydrogen) atoms. The molecule has 0 saturated heterocycles. The Morgan fingerprint density at radius 2 is 2.11 bits per heavy atom. The van der Waals surface area contributed by atoms with Gasteiger partial charge in [-0.3, -0.25) is 9.59 Å². The second kappa shape index (κ2) is 5.06. The number of aldehydes is 1. The highest BCUT2D eigenvalue weighted by atomic mass is 16.2. The molecule has 0 fully saturated rings. The molecule has 0 unspecified atom stereocenters. The number of fused-ring (bicyclic) bond motifs is 1. The molecule has 0 aliphatic rings. The van der Waals surface area contributed by atoms with E-state index in [0.29, 0.717) is 22.8 Å². The first-order chi connectivity index (χ1) is 9.08. The van der Waals surface area contributed by atoms with Gasteiger partial charge in [0.2, 0.25) is 0 Å². The number of aryl methyl sites for hydroxylation is 1. The molecule has 5 heteroatoms. The van der Waals surface area contributed by atoms with E-state index in [9.17, 15) is 14.4 Å². The van der Waals surface area contributed by atoms with E-state index in [1.54, 1.807) is 12.1 Å². The predicted octanol–water partition coefficient (Wildman–Crippen LogP) is 0.868. The van der Waals surface area contributed by atoms with E-state index in [1.807, 2.05) is 13.0 Å². The van der Waals surface area contributed by atoms with Crippen molar-refractivity contribution < 1.29 is 9.59 Å². The molecule has 5 nitrogen and oxygen atoms in total. The van der Waals surface area contributed by atoms with Crippen LogP contribution in [-0.4, -0.2) is 23.8 Å². The van der Waals surface area contributed by atoms with Gasteiger partial charge in [-0.15, -0.1) is 0 Å². The van der Waals surface area contributed by atoms with Crippen LogP contribution in [0.5, 0.6) is 0 Å². The van der Waals surface area contributed by atoms with Gasteiger partial charge < -0.3 is 14.7 Å². The number of nitrogens with zero attached hydrogens (tertiary/aromatic N) is 1. The molecule has 0 radical (unpaired) electrons. The van der Waals surface area contributed by atoms with Crippen molar-refractivity contribution in [2.24, 2.45) is 0 Å². The minimum absolute atomic E-state index is 0.0210. The van der Waals surface area contributed by atoms with Gasteiger partial charge in [-0.2, -0.15) is 0 Å². The number of rotatable bonds is 3. The maximum Gasteiger partial charge on any atom is 0.252 e. The molecule has 98 valence electrons. The Hall–Kier alpha value is -2.43. The van der Waals surface area contributed by atoms with E-state index in [4.69, 9.17) is 0 Å². The first kappa shape index (κ1) is 13.0. The summed E-state index contributed by atoms with van der Waals surface area (Å²) in [5.41, 5.74) is 1.52. The normalized spacial score (nSPS) is 10.4. The number of nitrogens with one attached hydrogen (secondary N) is 1. The standard InChI is InChI=1S/C14H14N2O3/c1-9-3-4-10-11(14(19)15-2)8-13(18)16(5-6-17)12(10)7-9/h3-4,6-8H,5H2,1-2H3,(H,15,19). The Morgan fingerprint density at radius 1 is 1.37 bits per heavy atom. The lowest BCUT2D eigenvalue weighted by molar-refractivity contribution is -0.108. The number of pyridine rings is 1. The van der Waals surface area contributed by atoms with Gasteiger partial charge in [-0.05, 0) is 18.6 Å². The summed E-state index contributed by atoms with van der Waals surface area (Å²) in [5.74, 6) is -0.316. The Bertz CT molecular complexity index is 716. The Balaban J connectivity index is 2.89. The van der Waals surface area contributed by atoms with Crippen molar-refractivity contribution in [1.82, 2.24) is 9.88 Å². The molecule has 0 atom stereocenters. The Kier molecular flexibility index (Phi) is 3.46. The van der Waals surface area contributed by atoms with Crippen LogP contribution in [-0.2, 0) is 11.3 Å². The summed E-state index contributed by atoms with van der Waals surface area (Å²) in [5, 5.41) is 3.17. The molecule has 0 bridgehead atoms. The van der Waals surface area contributed by atoms with E-state index in [1.165, 1.54) is 17.7 Å². The van der Waals surface area contributed by atoms with Gasteiger partial charge in [-0.25, -0.2) is 0 Å². The minimum Gasteiger partial charge on any atom is -0.355 e. The summed E-state index contributed by atoms with van der Waals surface area (Å²) >= 11 is 0. The third kappa shape index (κ3) is 2.27. The van der Waals surface area contributed by atoms with Gasteiger partial charge >= 0.3 is 0 Å². The zero-order chi connectivity index (χ0) is 14.0. The fourth-order valence-electron chi connectivity index (χ4n) is 2.08. The summed E-state index contributed by atoms with van der Waals surface area (Å²) < 4.78 is 1.36. The Labute approximate surface area is 109 Å². The highest BCUT2D eigenvalue weighted by Crippen LogP contribution is 2.18. The van der Waals surface area contributed by atoms with Crippen LogP contribution in [0.25, 0.3) is 10.9 Å². The number of benzene rings is 1. The van der Waals surface area contributed by atoms with Crippen LogP contribution >= 0.6 is 0 Å². The molecule has 0 saturated carbocycles. The average molecular weight is 258 g/mol. The van der Waals surface area contributed by atoms with E-state index in [2.05, 4.69) is 5.32 Å². The maximum atomic E-state index is 12.0. The van der Waals surface area contributed by atoms with Crippen molar-refractivity contribution in [3.8, 4) is 0 Å². The van der Waals surface area contributed by atoms with Crippen LogP contribution in [0.1, 0.15) is 15.9 Å². The number of hydrogen-bond donors (Lipinski definition) is 1. The third-order valence-electron chi connectivity index (χ3n) is 3.00. The molecule has 1 aromatic heterocycles. The van der Waals surface area contributed by atoms with Gasteiger partial charge in [0.15, 0.2) is 0 Å². The van der Waals surface area contributed by atoms with E-state index in [0.717, 1.165) is 5.56 Å². The SMILES string of the molecule is CNC(=O)c1cc(=O)n(CC=O)c2cc(C)ccc12. The van der Waals surface area contributed by atoms with Crippen molar-refractivity contribution in [2.75, 3.05) is 7.05 Å². The van der Waals surface area contributed by atoms with Gasteiger partial charge in [0.1, 0.15) is 6.29 Å². The van der Waals surface area contributed by atoms with Crippen molar-refractivity contribution in [2.45, 2.75) is 13.5 Å². The molecule has 0 spiro atoms. The number of carbonyl (C=O) groups is 2. The predicted molar refractivity (Wildman–Crippen MR) is 72.4 cm³/mol. The largest absolute Gasteiger partial charge is 0.355 e. The molecule has 0 aliphatic heterocycles. The van der Waals surface area contributed by atoms with Crippen LogP contribution in [0, 0.1) is 6.92 Å². The van der Waals surface area contributed by atoms with E-state index >= 15 is 0 Å². The van der Waals surface area contributed by atoms with E-state index < -0.39 is 0 Å².